The molecule has 0 spiro atoms. The van der Waals surface area contributed by atoms with Gasteiger partial charge in [-0.05, 0) is 42.7 Å². The number of amides is 1. The number of hydrogen-bond donors (Lipinski definition) is 1. The first kappa shape index (κ1) is 16.3. The molecular weight excluding hydrogens is 307 g/mol. The van der Waals surface area contributed by atoms with E-state index < -0.39 is 5.82 Å². The number of carbonyl (C=O) groups excluding carboxylic acids is 1. The first-order valence-corrected chi connectivity index (χ1v) is 8.20. The van der Waals surface area contributed by atoms with Crippen LogP contribution < -0.4 is 15.0 Å². The van der Waals surface area contributed by atoms with Gasteiger partial charge in [0.2, 0.25) is 0 Å². The molecule has 0 saturated carbocycles. The van der Waals surface area contributed by atoms with Gasteiger partial charge < -0.3 is 15.0 Å². The van der Waals surface area contributed by atoms with Crippen LogP contribution in [0.15, 0.2) is 48.5 Å². The Morgan fingerprint density at radius 1 is 1.08 bits per heavy atom. The predicted octanol–water partition coefficient (Wildman–Crippen LogP) is 3.12. The number of benzene rings is 2. The first-order valence-electron chi connectivity index (χ1n) is 8.20. The van der Waals surface area contributed by atoms with Crippen LogP contribution in [0.25, 0.3) is 0 Å². The molecule has 1 saturated heterocycles. The Labute approximate surface area is 141 Å². The fourth-order valence-electron chi connectivity index (χ4n) is 2.76. The lowest BCUT2D eigenvalue weighted by Gasteiger charge is -2.17. The van der Waals surface area contributed by atoms with Gasteiger partial charge in [0.25, 0.3) is 5.91 Å². The highest BCUT2D eigenvalue weighted by Crippen LogP contribution is 2.20. The van der Waals surface area contributed by atoms with Gasteiger partial charge in [0.15, 0.2) is 18.2 Å². The first-order chi connectivity index (χ1) is 11.7. The predicted molar refractivity (Wildman–Crippen MR) is 91.6 cm³/mol. The van der Waals surface area contributed by atoms with Crippen molar-refractivity contribution in [3.05, 3.63) is 59.9 Å². The Bertz CT molecular complexity index is 682. The third-order valence-corrected chi connectivity index (χ3v) is 4.09. The van der Waals surface area contributed by atoms with Crippen LogP contribution >= 0.6 is 0 Å². The molecule has 1 amide bonds. The topological polar surface area (TPSA) is 41.6 Å². The summed E-state index contributed by atoms with van der Waals surface area (Å²) < 4.78 is 18.6. The van der Waals surface area contributed by atoms with Crippen LogP contribution in [0, 0.1) is 5.82 Å². The molecule has 2 aromatic carbocycles. The van der Waals surface area contributed by atoms with Crippen molar-refractivity contribution in [2.24, 2.45) is 0 Å². The molecule has 1 heterocycles. The van der Waals surface area contributed by atoms with Gasteiger partial charge in [-0.2, -0.15) is 0 Å². The van der Waals surface area contributed by atoms with Crippen LogP contribution in [-0.2, 0) is 11.3 Å². The van der Waals surface area contributed by atoms with E-state index in [0.717, 1.165) is 18.7 Å². The summed E-state index contributed by atoms with van der Waals surface area (Å²) in [5.41, 5.74) is 2.25. The van der Waals surface area contributed by atoms with Crippen molar-refractivity contribution in [3.63, 3.8) is 0 Å². The molecule has 0 radical (unpaired) electrons. The molecule has 1 fully saturated rings. The maximum absolute atomic E-state index is 13.4. The van der Waals surface area contributed by atoms with E-state index in [4.69, 9.17) is 4.74 Å². The third-order valence-electron chi connectivity index (χ3n) is 4.09. The average molecular weight is 328 g/mol. The number of halogens is 1. The van der Waals surface area contributed by atoms with E-state index in [0.29, 0.717) is 6.54 Å². The molecule has 0 bridgehead atoms. The molecule has 2 aromatic rings. The summed E-state index contributed by atoms with van der Waals surface area (Å²) in [7, 11) is 0. The van der Waals surface area contributed by atoms with Crippen molar-refractivity contribution in [2.45, 2.75) is 19.4 Å². The van der Waals surface area contributed by atoms with Crippen LogP contribution in [0.2, 0.25) is 0 Å². The fourth-order valence-corrected chi connectivity index (χ4v) is 2.76. The Balaban J connectivity index is 1.45. The number of nitrogens with zero attached hydrogens (tertiary/aromatic N) is 1. The zero-order chi connectivity index (χ0) is 16.8. The van der Waals surface area contributed by atoms with Gasteiger partial charge in [0, 0.05) is 25.3 Å². The van der Waals surface area contributed by atoms with E-state index in [1.54, 1.807) is 12.1 Å². The molecule has 0 aliphatic carbocycles. The highest BCUT2D eigenvalue weighted by Gasteiger charge is 2.12. The summed E-state index contributed by atoms with van der Waals surface area (Å²) in [4.78, 5) is 14.2. The largest absolute Gasteiger partial charge is 0.481 e. The fraction of sp³-hybridized carbons (Fsp3) is 0.316. The molecule has 24 heavy (non-hydrogen) atoms. The Morgan fingerprint density at radius 3 is 2.50 bits per heavy atom. The minimum absolute atomic E-state index is 0.0858. The zero-order valence-electron chi connectivity index (χ0n) is 13.5. The Kier molecular flexibility index (Phi) is 5.31. The van der Waals surface area contributed by atoms with Crippen molar-refractivity contribution in [3.8, 4) is 5.75 Å². The number of carbonyl (C=O) groups is 1. The van der Waals surface area contributed by atoms with Crippen LogP contribution in [0.3, 0.4) is 0 Å². The minimum Gasteiger partial charge on any atom is -0.481 e. The standard InChI is InChI=1S/C19H21FN2O2/c20-17-5-1-2-6-18(17)24-14-19(23)21-13-15-7-9-16(10-8-15)22-11-3-4-12-22/h1-2,5-10H,3-4,11-14H2,(H,21,23). The molecule has 126 valence electrons. The molecular formula is C19H21FN2O2. The van der Waals surface area contributed by atoms with Crippen LogP contribution in [0.5, 0.6) is 5.75 Å². The molecule has 1 N–H and O–H groups in total. The molecule has 1 aliphatic rings. The van der Waals surface area contributed by atoms with Crippen molar-refractivity contribution >= 4 is 11.6 Å². The molecule has 5 heteroatoms. The van der Waals surface area contributed by atoms with E-state index in [1.807, 2.05) is 12.1 Å². The second-order valence-corrected chi connectivity index (χ2v) is 5.86. The average Bonchev–Trinajstić information content (AvgIpc) is 3.14. The number of hydrogen-bond acceptors (Lipinski definition) is 3. The third kappa shape index (κ3) is 4.25. The van der Waals surface area contributed by atoms with Gasteiger partial charge in [-0.1, -0.05) is 24.3 Å². The normalized spacial score (nSPS) is 13.8. The van der Waals surface area contributed by atoms with E-state index in [2.05, 4.69) is 22.3 Å². The molecule has 0 atom stereocenters. The smallest absolute Gasteiger partial charge is 0.258 e. The van der Waals surface area contributed by atoms with Crippen LogP contribution in [0.4, 0.5) is 10.1 Å². The second kappa shape index (κ2) is 7.81. The summed E-state index contributed by atoms with van der Waals surface area (Å²) in [6.45, 7) is 2.46. The highest BCUT2D eigenvalue weighted by molar-refractivity contribution is 5.77. The second-order valence-electron chi connectivity index (χ2n) is 5.86. The lowest BCUT2D eigenvalue weighted by atomic mass is 10.2. The monoisotopic (exact) mass is 328 g/mol. The lowest BCUT2D eigenvalue weighted by Crippen LogP contribution is -2.28. The summed E-state index contributed by atoms with van der Waals surface area (Å²) in [5, 5.41) is 2.78. The number of para-hydroxylation sites is 1. The van der Waals surface area contributed by atoms with Crippen LogP contribution in [-0.4, -0.2) is 25.6 Å². The van der Waals surface area contributed by atoms with E-state index in [-0.39, 0.29) is 18.3 Å². The van der Waals surface area contributed by atoms with Gasteiger partial charge in [-0.15, -0.1) is 0 Å². The quantitative estimate of drug-likeness (QED) is 0.886. The minimum atomic E-state index is -0.470. The van der Waals surface area contributed by atoms with Gasteiger partial charge in [-0.3, -0.25) is 4.79 Å². The Morgan fingerprint density at radius 2 is 1.79 bits per heavy atom. The number of ether oxygens (including phenoxy) is 1. The summed E-state index contributed by atoms with van der Waals surface area (Å²) >= 11 is 0. The van der Waals surface area contributed by atoms with Crippen LogP contribution in [0.1, 0.15) is 18.4 Å². The summed E-state index contributed by atoms with van der Waals surface area (Å²) in [6, 6.07) is 14.3. The maximum atomic E-state index is 13.4. The molecule has 0 aromatic heterocycles. The highest BCUT2D eigenvalue weighted by atomic mass is 19.1. The lowest BCUT2D eigenvalue weighted by molar-refractivity contribution is -0.123. The number of anilines is 1. The van der Waals surface area contributed by atoms with E-state index >= 15 is 0 Å². The van der Waals surface area contributed by atoms with Crippen molar-refractivity contribution in [2.75, 3.05) is 24.6 Å². The maximum Gasteiger partial charge on any atom is 0.258 e. The molecule has 1 aliphatic heterocycles. The molecule has 3 rings (SSSR count). The van der Waals surface area contributed by atoms with Crippen molar-refractivity contribution in [1.29, 1.82) is 0 Å². The van der Waals surface area contributed by atoms with E-state index in [9.17, 15) is 9.18 Å². The molecule has 4 nitrogen and oxygen atoms in total. The summed E-state index contributed by atoms with van der Waals surface area (Å²) in [6.07, 6.45) is 2.50. The summed E-state index contributed by atoms with van der Waals surface area (Å²) in [5.74, 6) is -0.660. The zero-order valence-corrected chi connectivity index (χ0v) is 13.5. The van der Waals surface area contributed by atoms with Crippen molar-refractivity contribution < 1.29 is 13.9 Å². The number of nitrogens with one attached hydrogen (secondary N) is 1. The van der Waals surface area contributed by atoms with E-state index in [1.165, 1.54) is 30.7 Å². The van der Waals surface area contributed by atoms with Gasteiger partial charge >= 0.3 is 0 Å². The van der Waals surface area contributed by atoms with Gasteiger partial charge in [0.05, 0.1) is 0 Å². The van der Waals surface area contributed by atoms with Gasteiger partial charge in [0.1, 0.15) is 0 Å². The number of rotatable bonds is 6. The van der Waals surface area contributed by atoms with Crippen molar-refractivity contribution in [1.82, 2.24) is 5.32 Å². The molecule has 0 unspecified atom stereocenters. The Hall–Kier alpha value is -2.56. The SMILES string of the molecule is O=C(COc1ccccc1F)NCc1ccc(N2CCCC2)cc1. The van der Waals surface area contributed by atoms with Gasteiger partial charge in [-0.25, -0.2) is 4.39 Å².